The topological polar surface area (TPSA) is 38.8 Å². The van der Waals surface area contributed by atoms with E-state index in [-0.39, 0.29) is 11.9 Å². The fourth-order valence-corrected chi connectivity index (χ4v) is 3.14. The number of ether oxygens (including phenoxy) is 2. The molecular weight excluding hydrogens is 334 g/mol. The van der Waals surface area contributed by atoms with E-state index >= 15 is 0 Å². The Labute approximate surface area is 134 Å². The summed E-state index contributed by atoms with van der Waals surface area (Å²) >= 11 is 3.43. The smallest absolute Gasteiger partial charge is 0.176 e. The number of benzene rings is 1. The van der Waals surface area contributed by atoms with Crippen molar-refractivity contribution in [3.63, 3.8) is 0 Å². The second-order valence-corrected chi connectivity index (χ2v) is 6.26. The number of hydrogen-bond acceptors (Lipinski definition) is 4. The first-order chi connectivity index (χ1) is 10.0. The molecule has 0 spiro atoms. The molecule has 0 bridgehead atoms. The van der Waals surface area contributed by atoms with Gasteiger partial charge in [-0.2, -0.15) is 0 Å². The van der Waals surface area contributed by atoms with Crippen molar-refractivity contribution in [1.82, 2.24) is 4.90 Å². The van der Waals surface area contributed by atoms with Crippen molar-refractivity contribution in [2.45, 2.75) is 32.4 Å². The number of ketones is 1. The zero-order valence-electron chi connectivity index (χ0n) is 12.8. The van der Waals surface area contributed by atoms with Crippen LogP contribution in [0.25, 0.3) is 0 Å². The van der Waals surface area contributed by atoms with Crippen molar-refractivity contribution in [2.24, 2.45) is 0 Å². The van der Waals surface area contributed by atoms with E-state index in [9.17, 15) is 4.79 Å². The highest BCUT2D eigenvalue weighted by atomic mass is 79.9. The predicted molar refractivity (Wildman–Crippen MR) is 86.1 cm³/mol. The van der Waals surface area contributed by atoms with E-state index in [4.69, 9.17) is 9.47 Å². The number of carbonyl (C=O) groups excluding carboxylic acids is 1. The summed E-state index contributed by atoms with van der Waals surface area (Å²) in [5, 5.41) is 0. The Bertz CT molecular complexity index is 506. The van der Waals surface area contributed by atoms with Gasteiger partial charge in [0.05, 0.1) is 30.8 Å². The Morgan fingerprint density at radius 3 is 2.90 bits per heavy atom. The first kappa shape index (κ1) is 16.5. The van der Waals surface area contributed by atoms with E-state index in [0.717, 1.165) is 23.2 Å². The van der Waals surface area contributed by atoms with Crippen LogP contribution in [0.2, 0.25) is 0 Å². The summed E-state index contributed by atoms with van der Waals surface area (Å²) in [6, 6.07) is 5.78. The van der Waals surface area contributed by atoms with Crippen molar-refractivity contribution < 1.29 is 14.3 Å². The van der Waals surface area contributed by atoms with E-state index in [1.807, 2.05) is 25.1 Å². The van der Waals surface area contributed by atoms with Gasteiger partial charge < -0.3 is 9.47 Å². The van der Waals surface area contributed by atoms with Crippen molar-refractivity contribution >= 4 is 21.7 Å². The monoisotopic (exact) mass is 355 g/mol. The normalized spacial score (nSPS) is 23.0. The minimum absolute atomic E-state index is 0.130. The van der Waals surface area contributed by atoms with Crippen LogP contribution in [0.5, 0.6) is 5.75 Å². The van der Waals surface area contributed by atoms with Gasteiger partial charge in [0, 0.05) is 18.2 Å². The van der Waals surface area contributed by atoms with Crippen LogP contribution in [0.3, 0.4) is 0 Å². The molecule has 0 saturated carbocycles. The molecule has 2 atom stereocenters. The van der Waals surface area contributed by atoms with Gasteiger partial charge in [0.25, 0.3) is 0 Å². The van der Waals surface area contributed by atoms with E-state index in [1.165, 1.54) is 0 Å². The Kier molecular flexibility index (Phi) is 5.79. The third kappa shape index (κ3) is 4.05. The lowest BCUT2D eigenvalue weighted by atomic mass is 10.1. The number of methoxy groups -OCH3 is 1. The van der Waals surface area contributed by atoms with Gasteiger partial charge in [-0.1, -0.05) is 6.92 Å². The zero-order chi connectivity index (χ0) is 15.4. The summed E-state index contributed by atoms with van der Waals surface area (Å²) < 4.78 is 11.7. The lowest BCUT2D eigenvalue weighted by Gasteiger charge is -2.37. The molecule has 1 aromatic rings. The highest BCUT2D eigenvalue weighted by molar-refractivity contribution is 9.10. The molecule has 5 heteroatoms. The van der Waals surface area contributed by atoms with Crippen LogP contribution in [0.4, 0.5) is 0 Å². The molecule has 21 heavy (non-hydrogen) atoms. The largest absolute Gasteiger partial charge is 0.496 e. The van der Waals surface area contributed by atoms with Crippen molar-refractivity contribution in [3.05, 3.63) is 28.2 Å². The molecule has 116 valence electrons. The van der Waals surface area contributed by atoms with Gasteiger partial charge >= 0.3 is 0 Å². The molecule has 4 nitrogen and oxygen atoms in total. The zero-order valence-corrected chi connectivity index (χ0v) is 14.4. The minimum atomic E-state index is 0.130. The van der Waals surface area contributed by atoms with Crippen molar-refractivity contribution in [1.29, 1.82) is 0 Å². The van der Waals surface area contributed by atoms with Crippen molar-refractivity contribution in [2.75, 3.05) is 26.8 Å². The maximum atomic E-state index is 12.5. The van der Waals surface area contributed by atoms with Crippen LogP contribution in [0.15, 0.2) is 22.7 Å². The third-order valence-corrected chi connectivity index (χ3v) is 4.49. The van der Waals surface area contributed by atoms with Gasteiger partial charge in [-0.3, -0.25) is 9.69 Å². The Morgan fingerprint density at radius 2 is 2.29 bits per heavy atom. The first-order valence-electron chi connectivity index (χ1n) is 7.27. The molecule has 1 aliphatic heterocycles. The lowest BCUT2D eigenvalue weighted by molar-refractivity contribution is -0.0523. The van der Waals surface area contributed by atoms with Crippen molar-refractivity contribution in [3.8, 4) is 5.75 Å². The standard InChI is InChI=1S/C16H22BrNO3/c1-4-13-10-21-11(2)8-18(13)9-15(19)12-5-6-16(20-3)14(17)7-12/h5-7,11,13H,4,8-10H2,1-3H3. The Balaban J connectivity index is 2.07. The molecule has 0 aliphatic carbocycles. The average molecular weight is 356 g/mol. The highest BCUT2D eigenvalue weighted by Gasteiger charge is 2.27. The van der Waals surface area contributed by atoms with Crippen LogP contribution in [-0.4, -0.2) is 49.6 Å². The maximum Gasteiger partial charge on any atom is 0.176 e. The number of nitrogens with zero attached hydrogens (tertiary/aromatic N) is 1. The maximum absolute atomic E-state index is 12.5. The minimum Gasteiger partial charge on any atom is -0.496 e. The molecule has 0 radical (unpaired) electrons. The number of halogens is 1. The molecule has 2 unspecified atom stereocenters. The molecule has 2 rings (SSSR count). The molecule has 1 fully saturated rings. The number of Topliss-reactive ketones (excluding diaryl/α,β-unsaturated/α-hetero) is 1. The fraction of sp³-hybridized carbons (Fsp3) is 0.562. The van der Waals surface area contributed by atoms with Crippen LogP contribution in [-0.2, 0) is 4.74 Å². The van der Waals surface area contributed by atoms with Gasteiger partial charge in [0.15, 0.2) is 5.78 Å². The second kappa shape index (κ2) is 7.38. The third-order valence-electron chi connectivity index (χ3n) is 3.87. The summed E-state index contributed by atoms with van der Waals surface area (Å²) in [6.45, 7) is 6.13. The number of carbonyl (C=O) groups is 1. The molecule has 1 aromatic carbocycles. The van der Waals surface area contributed by atoms with Gasteiger partial charge in [-0.25, -0.2) is 0 Å². The molecule has 0 amide bonds. The summed E-state index contributed by atoms with van der Waals surface area (Å²) in [5.74, 6) is 0.865. The van der Waals surface area contributed by atoms with Crippen LogP contribution >= 0.6 is 15.9 Å². The van der Waals surface area contributed by atoms with Gasteiger partial charge in [0.2, 0.25) is 0 Å². The number of rotatable bonds is 5. The highest BCUT2D eigenvalue weighted by Crippen LogP contribution is 2.26. The van der Waals surface area contributed by atoms with Gasteiger partial charge in [-0.05, 0) is 47.5 Å². The van der Waals surface area contributed by atoms with Crippen LogP contribution in [0, 0.1) is 0 Å². The number of morpholine rings is 1. The molecule has 0 N–H and O–H groups in total. The van der Waals surface area contributed by atoms with Crippen LogP contribution < -0.4 is 4.74 Å². The summed E-state index contributed by atoms with van der Waals surface area (Å²) in [7, 11) is 1.61. The summed E-state index contributed by atoms with van der Waals surface area (Å²) in [5.41, 5.74) is 0.705. The molecule has 1 saturated heterocycles. The summed E-state index contributed by atoms with van der Waals surface area (Å²) in [6.07, 6.45) is 1.18. The average Bonchev–Trinajstić information content (AvgIpc) is 2.47. The first-order valence-corrected chi connectivity index (χ1v) is 8.06. The Hall–Kier alpha value is -0.910. The molecule has 0 aromatic heterocycles. The quantitative estimate of drug-likeness (QED) is 0.760. The van der Waals surface area contributed by atoms with E-state index in [1.54, 1.807) is 7.11 Å². The molecular formula is C16H22BrNO3. The van der Waals surface area contributed by atoms with E-state index in [2.05, 4.69) is 27.8 Å². The lowest BCUT2D eigenvalue weighted by Crippen LogP contribution is -2.50. The molecule has 1 heterocycles. The van der Waals surface area contributed by atoms with Crippen LogP contribution in [0.1, 0.15) is 30.6 Å². The predicted octanol–water partition coefficient (Wildman–Crippen LogP) is 3.14. The molecule has 1 aliphatic rings. The fourth-order valence-electron chi connectivity index (χ4n) is 2.60. The Morgan fingerprint density at radius 1 is 1.52 bits per heavy atom. The second-order valence-electron chi connectivity index (χ2n) is 5.41. The van der Waals surface area contributed by atoms with Gasteiger partial charge in [0.1, 0.15) is 5.75 Å². The van der Waals surface area contributed by atoms with Gasteiger partial charge in [-0.15, -0.1) is 0 Å². The van der Waals surface area contributed by atoms with E-state index in [0.29, 0.717) is 24.8 Å². The SMILES string of the molecule is CCC1COC(C)CN1CC(=O)c1ccc(OC)c(Br)c1. The van der Waals surface area contributed by atoms with E-state index < -0.39 is 0 Å². The number of hydrogen-bond donors (Lipinski definition) is 0. The summed E-state index contributed by atoms with van der Waals surface area (Å²) in [4.78, 5) is 14.7.